The lowest BCUT2D eigenvalue weighted by Crippen LogP contribution is -2.23. The smallest absolute Gasteiger partial charge is 0.240 e. The summed E-state index contributed by atoms with van der Waals surface area (Å²) in [5.74, 6) is -1.34. The highest BCUT2D eigenvalue weighted by Gasteiger charge is 2.20. The maximum Gasteiger partial charge on any atom is 0.240 e. The number of rotatable bonds is 4. The lowest BCUT2D eigenvalue weighted by atomic mass is 10.3. The van der Waals surface area contributed by atoms with Gasteiger partial charge in [0.15, 0.2) is 9.84 Å². The van der Waals surface area contributed by atoms with E-state index in [1.807, 2.05) is 0 Å². The first-order valence-electron chi connectivity index (χ1n) is 6.01. The fourth-order valence-electron chi connectivity index (χ4n) is 1.71. The SMILES string of the molecule is Nc1cccc(S(=O)(=O)CC(=O)Nc2ccccc2Cl)c1. The van der Waals surface area contributed by atoms with Crippen LogP contribution in [0, 0.1) is 0 Å². The first-order valence-corrected chi connectivity index (χ1v) is 8.04. The highest BCUT2D eigenvalue weighted by Crippen LogP contribution is 2.21. The van der Waals surface area contributed by atoms with Gasteiger partial charge in [0.05, 0.1) is 15.6 Å². The van der Waals surface area contributed by atoms with Gasteiger partial charge in [-0.05, 0) is 30.3 Å². The molecule has 1 amide bonds. The molecule has 0 unspecified atom stereocenters. The minimum atomic E-state index is -3.75. The monoisotopic (exact) mass is 324 g/mol. The number of hydrogen-bond donors (Lipinski definition) is 2. The molecule has 0 fully saturated rings. The maximum atomic E-state index is 12.1. The lowest BCUT2D eigenvalue weighted by molar-refractivity contribution is -0.113. The first kappa shape index (κ1) is 15.3. The molecule has 0 saturated carbocycles. The third-order valence-electron chi connectivity index (χ3n) is 2.69. The van der Waals surface area contributed by atoms with Crippen molar-refractivity contribution in [1.82, 2.24) is 0 Å². The van der Waals surface area contributed by atoms with Gasteiger partial charge in [-0.15, -0.1) is 0 Å². The van der Waals surface area contributed by atoms with Crippen LogP contribution in [0.1, 0.15) is 0 Å². The van der Waals surface area contributed by atoms with E-state index in [9.17, 15) is 13.2 Å². The summed E-state index contributed by atoms with van der Waals surface area (Å²) >= 11 is 5.90. The normalized spacial score (nSPS) is 11.1. The predicted molar refractivity (Wildman–Crippen MR) is 83.0 cm³/mol. The Morgan fingerprint density at radius 3 is 2.52 bits per heavy atom. The van der Waals surface area contributed by atoms with Gasteiger partial charge in [-0.1, -0.05) is 29.8 Å². The number of nitrogens with one attached hydrogen (secondary N) is 1. The Hall–Kier alpha value is -2.05. The average Bonchev–Trinajstić information content (AvgIpc) is 2.41. The van der Waals surface area contributed by atoms with E-state index in [4.69, 9.17) is 17.3 Å². The summed E-state index contributed by atoms with van der Waals surface area (Å²) in [7, 11) is -3.75. The van der Waals surface area contributed by atoms with E-state index in [1.165, 1.54) is 18.2 Å². The van der Waals surface area contributed by atoms with Gasteiger partial charge in [0.2, 0.25) is 5.91 Å². The molecule has 0 bridgehead atoms. The topological polar surface area (TPSA) is 89.3 Å². The van der Waals surface area contributed by atoms with Crippen molar-refractivity contribution in [2.45, 2.75) is 4.90 Å². The lowest BCUT2D eigenvalue weighted by Gasteiger charge is -2.08. The van der Waals surface area contributed by atoms with Crippen LogP contribution < -0.4 is 11.1 Å². The second-order valence-corrected chi connectivity index (χ2v) is 6.76. The highest BCUT2D eigenvalue weighted by molar-refractivity contribution is 7.92. The van der Waals surface area contributed by atoms with Crippen LogP contribution in [0.15, 0.2) is 53.4 Å². The third-order valence-corrected chi connectivity index (χ3v) is 4.63. The predicted octanol–water partition coefficient (Wildman–Crippen LogP) is 2.33. The molecule has 0 atom stereocenters. The standard InChI is InChI=1S/C14H13ClN2O3S/c15-12-6-1-2-7-13(12)17-14(18)9-21(19,20)11-5-3-4-10(16)8-11/h1-8H,9,16H2,(H,17,18). The molecule has 0 aliphatic carbocycles. The first-order chi connectivity index (χ1) is 9.88. The van der Waals surface area contributed by atoms with Gasteiger partial charge < -0.3 is 11.1 Å². The molecule has 3 N–H and O–H groups in total. The molecule has 110 valence electrons. The summed E-state index contributed by atoms with van der Waals surface area (Å²) in [6, 6.07) is 12.4. The van der Waals surface area contributed by atoms with Gasteiger partial charge in [-0.2, -0.15) is 0 Å². The number of carbonyl (C=O) groups is 1. The van der Waals surface area contributed by atoms with Crippen molar-refractivity contribution in [3.63, 3.8) is 0 Å². The Balaban J connectivity index is 2.14. The summed E-state index contributed by atoms with van der Waals surface area (Å²) in [6.45, 7) is 0. The van der Waals surface area contributed by atoms with Crippen molar-refractivity contribution in [2.24, 2.45) is 0 Å². The minimum absolute atomic E-state index is 0.0109. The second-order valence-electron chi connectivity index (χ2n) is 4.36. The molecule has 5 nitrogen and oxygen atoms in total. The van der Waals surface area contributed by atoms with Crippen molar-refractivity contribution in [2.75, 3.05) is 16.8 Å². The van der Waals surface area contributed by atoms with Crippen LogP contribution >= 0.6 is 11.6 Å². The van der Waals surface area contributed by atoms with E-state index in [2.05, 4.69) is 5.32 Å². The number of para-hydroxylation sites is 1. The van der Waals surface area contributed by atoms with Gasteiger partial charge in [0.1, 0.15) is 5.75 Å². The molecular formula is C14H13ClN2O3S. The zero-order valence-corrected chi connectivity index (χ0v) is 12.5. The van der Waals surface area contributed by atoms with E-state index >= 15 is 0 Å². The van der Waals surface area contributed by atoms with Crippen LogP contribution in [0.3, 0.4) is 0 Å². The second kappa shape index (κ2) is 6.15. The van der Waals surface area contributed by atoms with Crippen molar-refractivity contribution in [1.29, 1.82) is 0 Å². The van der Waals surface area contributed by atoms with Gasteiger partial charge in [-0.25, -0.2) is 8.42 Å². The summed E-state index contributed by atoms with van der Waals surface area (Å²) in [5.41, 5.74) is 6.24. The fourth-order valence-corrected chi connectivity index (χ4v) is 3.08. The maximum absolute atomic E-state index is 12.1. The Bertz CT molecular complexity index is 775. The molecular weight excluding hydrogens is 312 g/mol. The van der Waals surface area contributed by atoms with Crippen LogP contribution in [0.5, 0.6) is 0 Å². The molecule has 2 aromatic rings. The Labute approximate surface area is 127 Å². The molecule has 7 heteroatoms. The van der Waals surface area contributed by atoms with Crippen molar-refractivity contribution >= 4 is 38.7 Å². The van der Waals surface area contributed by atoms with E-state index in [0.29, 0.717) is 16.4 Å². The molecule has 21 heavy (non-hydrogen) atoms. The molecule has 0 aromatic heterocycles. The van der Waals surface area contributed by atoms with Crippen LogP contribution in [0.25, 0.3) is 0 Å². The zero-order valence-electron chi connectivity index (χ0n) is 10.9. The molecule has 0 aliphatic heterocycles. The van der Waals surface area contributed by atoms with Crippen molar-refractivity contribution in [3.8, 4) is 0 Å². The van der Waals surface area contributed by atoms with Gasteiger partial charge in [-0.3, -0.25) is 4.79 Å². The van der Waals surface area contributed by atoms with Crippen LogP contribution in [-0.2, 0) is 14.6 Å². The Morgan fingerprint density at radius 2 is 1.86 bits per heavy atom. The average molecular weight is 325 g/mol. The highest BCUT2D eigenvalue weighted by atomic mass is 35.5. The number of carbonyl (C=O) groups excluding carboxylic acids is 1. The van der Waals surface area contributed by atoms with Gasteiger partial charge >= 0.3 is 0 Å². The molecule has 0 aliphatic rings. The largest absolute Gasteiger partial charge is 0.399 e. The number of benzene rings is 2. The number of sulfone groups is 1. The van der Waals surface area contributed by atoms with Crippen molar-refractivity contribution in [3.05, 3.63) is 53.6 Å². The fraction of sp³-hybridized carbons (Fsp3) is 0.0714. The molecule has 0 radical (unpaired) electrons. The van der Waals surface area contributed by atoms with E-state index in [1.54, 1.807) is 30.3 Å². The molecule has 0 saturated heterocycles. The van der Waals surface area contributed by atoms with E-state index in [0.717, 1.165) is 0 Å². The number of hydrogen-bond acceptors (Lipinski definition) is 4. The molecule has 2 rings (SSSR count). The number of halogens is 1. The molecule has 0 spiro atoms. The van der Waals surface area contributed by atoms with Crippen molar-refractivity contribution < 1.29 is 13.2 Å². The number of amides is 1. The van der Waals surface area contributed by atoms with E-state index in [-0.39, 0.29) is 4.90 Å². The summed E-state index contributed by atoms with van der Waals surface area (Å²) in [6.07, 6.45) is 0. The summed E-state index contributed by atoms with van der Waals surface area (Å²) in [4.78, 5) is 11.9. The third kappa shape index (κ3) is 3.96. The van der Waals surface area contributed by atoms with Crippen LogP contribution in [-0.4, -0.2) is 20.1 Å². The Morgan fingerprint density at radius 1 is 1.14 bits per heavy atom. The molecule has 0 heterocycles. The number of nitrogens with two attached hydrogens (primary N) is 1. The summed E-state index contributed by atoms with van der Waals surface area (Å²) < 4.78 is 24.2. The number of nitrogen functional groups attached to an aromatic ring is 1. The van der Waals surface area contributed by atoms with Crippen LogP contribution in [0.2, 0.25) is 5.02 Å². The quantitative estimate of drug-likeness (QED) is 0.845. The van der Waals surface area contributed by atoms with Gasteiger partial charge in [0.25, 0.3) is 0 Å². The zero-order chi connectivity index (χ0) is 15.5. The molecule has 2 aromatic carbocycles. The Kier molecular flexibility index (Phi) is 4.50. The van der Waals surface area contributed by atoms with Crippen LogP contribution in [0.4, 0.5) is 11.4 Å². The minimum Gasteiger partial charge on any atom is -0.399 e. The van der Waals surface area contributed by atoms with E-state index < -0.39 is 21.5 Å². The van der Waals surface area contributed by atoms with Gasteiger partial charge in [0, 0.05) is 5.69 Å². The number of anilines is 2. The summed E-state index contributed by atoms with van der Waals surface area (Å²) in [5, 5.41) is 2.81.